The molecule has 1 rings (SSSR count). The number of carbonyl (C=O) groups excluding carboxylic acids is 1. The highest BCUT2D eigenvalue weighted by Gasteiger charge is 2.12. The summed E-state index contributed by atoms with van der Waals surface area (Å²) in [5, 5.41) is 14.4. The molecule has 0 heterocycles. The highest BCUT2D eigenvalue weighted by Crippen LogP contribution is 2.06. The van der Waals surface area contributed by atoms with E-state index in [9.17, 15) is 4.79 Å². The van der Waals surface area contributed by atoms with Crippen molar-refractivity contribution >= 4 is 17.4 Å². The SMILES string of the molecule is COC(=O)C1=CC(=N)C(=N)C=C1. The van der Waals surface area contributed by atoms with Crippen LogP contribution >= 0.6 is 0 Å². The van der Waals surface area contributed by atoms with Gasteiger partial charge in [0.2, 0.25) is 0 Å². The van der Waals surface area contributed by atoms with E-state index in [1.165, 1.54) is 25.3 Å². The Balaban J connectivity index is 2.90. The summed E-state index contributed by atoms with van der Waals surface area (Å²) >= 11 is 0. The van der Waals surface area contributed by atoms with Gasteiger partial charge in [0.25, 0.3) is 0 Å². The number of rotatable bonds is 1. The molecule has 0 bridgehead atoms. The maximum absolute atomic E-state index is 10.9. The molecule has 0 aromatic heterocycles. The number of methoxy groups -OCH3 is 1. The van der Waals surface area contributed by atoms with Crippen LogP contribution in [0.1, 0.15) is 0 Å². The fraction of sp³-hybridized carbons (Fsp3) is 0.125. The molecule has 0 unspecified atom stereocenters. The van der Waals surface area contributed by atoms with Crippen molar-refractivity contribution in [3.8, 4) is 0 Å². The average molecular weight is 164 g/mol. The second-order valence-corrected chi connectivity index (χ2v) is 2.25. The zero-order valence-corrected chi connectivity index (χ0v) is 6.55. The van der Waals surface area contributed by atoms with Crippen LogP contribution in [0.3, 0.4) is 0 Å². The molecular formula is C8H8N2O2. The van der Waals surface area contributed by atoms with E-state index in [2.05, 4.69) is 4.74 Å². The van der Waals surface area contributed by atoms with Crippen LogP contribution in [0.5, 0.6) is 0 Å². The molecule has 4 nitrogen and oxygen atoms in total. The van der Waals surface area contributed by atoms with Crippen LogP contribution in [0.2, 0.25) is 0 Å². The van der Waals surface area contributed by atoms with Crippen molar-refractivity contribution in [3.05, 3.63) is 23.8 Å². The van der Waals surface area contributed by atoms with E-state index in [-0.39, 0.29) is 11.4 Å². The Morgan fingerprint density at radius 2 is 2.00 bits per heavy atom. The zero-order chi connectivity index (χ0) is 9.14. The van der Waals surface area contributed by atoms with Crippen molar-refractivity contribution in [3.63, 3.8) is 0 Å². The number of allylic oxidation sites excluding steroid dienone is 2. The summed E-state index contributed by atoms with van der Waals surface area (Å²) in [7, 11) is 1.28. The molecule has 2 N–H and O–H groups in total. The summed E-state index contributed by atoms with van der Waals surface area (Å²) in [5.41, 5.74) is 0.430. The van der Waals surface area contributed by atoms with E-state index in [4.69, 9.17) is 10.8 Å². The van der Waals surface area contributed by atoms with E-state index >= 15 is 0 Å². The quantitative estimate of drug-likeness (QED) is 0.442. The first-order valence-electron chi connectivity index (χ1n) is 3.30. The van der Waals surface area contributed by atoms with Gasteiger partial charge in [0.15, 0.2) is 0 Å². The third-order valence-corrected chi connectivity index (χ3v) is 1.44. The molecule has 62 valence electrons. The Kier molecular flexibility index (Phi) is 2.19. The van der Waals surface area contributed by atoms with Gasteiger partial charge < -0.3 is 4.74 Å². The third kappa shape index (κ3) is 1.47. The summed E-state index contributed by atoms with van der Waals surface area (Å²) in [6.07, 6.45) is 4.18. The van der Waals surface area contributed by atoms with Crippen molar-refractivity contribution in [2.45, 2.75) is 0 Å². The van der Waals surface area contributed by atoms with E-state index in [0.717, 1.165) is 0 Å². The highest BCUT2D eigenvalue weighted by atomic mass is 16.5. The smallest absolute Gasteiger partial charge is 0.337 e. The Labute approximate surface area is 69.6 Å². The first-order chi connectivity index (χ1) is 5.65. The van der Waals surface area contributed by atoms with Crippen LogP contribution in [0, 0.1) is 10.8 Å². The summed E-state index contributed by atoms with van der Waals surface area (Å²) in [5.74, 6) is -0.483. The summed E-state index contributed by atoms with van der Waals surface area (Å²) < 4.78 is 4.45. The lowest BCUT2D eigenvalue weighted by atomic mass is 10.0. The minimum absolute atomic E-state index is 0.0258. The van der Waals surface area contributed by atoms with Crippen LogP contribution in [-0.2, 0) is 9.53 Å². The van der Waals surface area contributed by atoms with Crippen LogP contribution < -0.4 is 0 Å². The van der Waals surface area contributed by atoms with Gasteiger partial charge in [-0.2, -0.15) is 0 Å². The maximum Gasteiger partial charge on any atom is 0.337 e. The van der Waals surface area contributed by atoms with Crippen molar-refractivity contribution in [1.82, 2.24) is 0 Å². The van der Waals surface area contributed by atoms with Crippen molar-refractivity contribution in [1.29, 1.82) is 10.8 Å². The zero-order valence-electron chi connectivity index (χ0n) is 6.55. The number of nitrogens with one attached hydrogen (secondary N) is 2. The average Bonchev–Trinajstić information content (AvgIpc) is 2.08. The molecule has 0 spiro atoms. The highest BCUT2D eigenvalue weighted by molar-refractivity contribution is 6.49. The van der Waals surface area contributed by atoms with Gasteiger partial charge in [-0.15, -0.1) is 0 Å². The van der Waals surface area contributed by atoms with Gasteiger partial charge in [0.05, 0.1) is 24.1 Å². The predicted octanol–water partition coefficient (Wildman–Crippen LogP) is 0.695. The fourth-order valence-corrected chi connectivity index (χ4v) is 0.789. The van der Waals surface area contributed by atoms with Crippen LogP contribution in [0.15, 0.2) is 23.8 Å². The van der Waals surface area contributed by atoms with E-state index in [1.54, 1.807) is 0 Å². The molecule has 0 atom stereocenters. The lowest BCUT2D eigenvalue weighted by Crippen LogP contribution is -2.14. The van der Waals surface area contributed by atoms with Crippen LogP contribution in [0.4, 0.5) is 0 Å². The lowest BCUT2D eigenvalue weighted by Gasteiger charge is -2.05. The molecule has 0 saturated carbocycles. The Bertz CT molecular complexity index is 313. The number of ether oxygens (including phenoxy) is 1. The normalized spacial score (nSPS) is 15.9. The van der Waals surface area contributed by atoms with Gasteiger partial charge in [-0.25, -0.2) is 4.79 Å². The maximum atomic E-state index is 10.9. The second kappa shape index (κ2) is 3.13. The number of hydrogen-bond acceptors (Lipinski definition) is 4. The van der Waals surface area contributed by atoms with Gasteiger partial charge in [0.1, 0.15) is 0 Å². The van der Waals surface area contributed by atoms with Gasteiger partial charge in [-0.05, 0) is 18.2 Å². The Morgan fingerprint density at radius 3 is 2.50 bits per heavy atom. The minimum atomic E-state index is -0.483. The molecule has 0 fully saturated rings. The molecule has 0 aromatic rings. The molecule has 4 heteroatoms. The number of carbonyl (C=O) groups is 1. The monoisotopic (exact) mass is 164 g/mol. The Hall–Kier alpha value is -1.71. The second-order valence-electron chi connectivity index (χ2n) is 2.25. The van der Waals surface area contributed by atoms with Gasteiger partial charge >= 0.3 is 5.97 Å². The predicted molar refractivity (Wildman–Crippen MR) is 44.7 cm³/mol. The van der Waals surface area contributed by atoms with Crippen LogP contribution in [-0.4, -0.2) is 24.5 Å². The van der Waals surface area contributed by atoms with Crippen molar-refractivity contribution in [2.75, 3.05) is 7.11 Å². The number of esters is 1. The molecule has 0 radical (unpaired) electrons. The number of hydrogen-bond donors (Lipinski definition) is 2. The molecule has 0 aromatic carbocycles. The summed E-state index contributed by atoms with van der Waals surface area (Å²) in [6, 6.07) is 0. The molecule has 0 amide bonds. The van der Waals surface area contributed by atoms with Gasteiger partial charge in [0, 0.05) is 0 Å². The fourth-order valence-electron chi connectivity index (χ4n) is 0.789. The summed E-state index contributed by atoms with van der Waals surface area (Å²) in [4.78, 5) is 10.9. The third-order valence-electron chi connectivity index (χ3n) is 1.44. The first kappa shape index (κ1) is 8.39. The standard InChI is InChI=1S/C8H8N2O2/c1-12-8(11)5-2-3-6(9)7(10)4-5/h2-4,9-10H,1H3. The van der Waals surface area contributed by atoms with Crippen molar-refractivity contribution < 1.29 is 9.53 Å². The largest absolute Gasteiger partial charge is 0.465 e. The van der Waals surface area contributed by atoms with E-state index in [1.807, 2.05) is 0 Å². The first-order valence-corrected chi connectivity index (χ1v) is 3.30. The minimum Gasteiger partial charge on any atom is -0.465 e. The molecule has 0 saturated heterocycles. The summed E-state index contributed by atoms with van der Waals surface area (Å²) in [6.45, 7) is 0. The van der Waals surface area contributed by atoms with Gasteiger partial charge in [-0.3, -0.25) is 10.8 Å². The molecule has 1 aliphatic carbocycles. The lowest BCUT2D eigenvalue weighted by molar-refractivity contribution is -0.135. The molecule has 12 heavy (non-hydrogen) atoms. The Morgan fingerprint density at radius 1 is 1.33 bits per heavy atom. The van der Waals surface area contributed by atoms with E-state index in [0.29, 0.717) is 5.57 Å². The van der Waals surface area contributed by atoms with Crippen LogP contribution in [0.25, 0.3) is 0 Å². The van der Waals surface area contributed by atoms with Crippen molar-refractivity contribution in [2.24, 2.45) is 0 Å². The van der Waals surface area contributed by atoms with E-state index < -0.39 is 5.97 Å². The molecule has 1 aliphatic rings. The van der Waals surface area contributed by atoms with Gasteiger partial charge in [-0.1, -0.05) is 0 Å². The molecule has 0 aliphatic heterocycles. The topological polar surface area (TPSA) is 74.0 Å². The molecular weight excluding hydrogens is 156 g/mol.